The number of nitrogens with zero attached hydrogens (tertiary/aromatic N) is 1. The summed E-state index contributed by atoms with van der Waals surface area (Å²) < 4.78 is 5.89. The number of carbonyl (C=O) groups excluding carboxylic acids is 1. The molecule has 0 aliphatic rings. The lowest BCUT2D eigenvalue weighted by Crippen LogP contribution is -2.23. The zero-order valence-electron chi connectivity index (χ0n) is 16.8. The Hall–Kier alpha value is -3.55. The van der Waals surface area contributed by atoms with E-state index in [1.54, 1.807) is 30.3 Å². The molecule has 0 atom stereocenters. The first-order valence-corrected chi connectivity index (χ1v) is 9.82. The van der Waals surface area contributed by atoms with Gasteiger partial charge in [-0.15, -0.1) is 0 Å². The molecule has 0 saturated carbocycles. The molecule has 150 valence electrons. The predicted octanol–water partition coefficient (Wildman–Crippen LogP) is 5.97. The number of hydrogen-bond donors (Lipinski definition) is 1. The van der Waals surface area contributed by atoms with E-state index in [0.717, 1.165) is 27.3 Å². The molecule has 3 aromatic carbocycles. The van der Waals surface area contributed by atoms with E-state index in [1.165, 1.54) is 0 Å². The molecule has 0 heterocycles. The Balaban J connectivity index is 1.67. The van der Waals surface area contributed by atoms with Crippen LogP contribution in [0.1, 0.15) is 22.3 Å². The number of ether oxygens (including phenoxy) is 1. The van der Waals surface area contributed by atoms with Gasteiger partial charge < -0.3 is 10.1 Å². The molecule has 1 amide bonds. The van der Waals surface area contributed by atoms with E-state index in [9.17, 15) is 10.1 Å². The topological polar surface area (TPSA) is 62.1 Å². The van der Waals surface area contributed by atoms with Gasteiger partial charge in [0.25, 0.3) is 5.91 Å². The molecule has 0 aromatic heterocycles. The fraction of sp³-hybridized carbons (Fsp3) is 0.120. The number of rotatable bonds is 6. The Kier molecular flexibility index (Phi) is 6.90. The largest absolute Gasteiger partial charge is 0.457 e. The number of nitrogens with one attached hydrogen (secondary N) is 1. The Morgan fingerprint density at radius 1 is 1.03 bits per heavy atom. The van der Waals surface area contributed by atoms with Crippen molar-refractivity contribution in [2.24, 2.45) is 0 Å². The van der Waals surface area contributed by atoms with Crippen LogP contribution in [0.2, 0.25) is 5.02 Å². The molecular formula is C25H21ClN2O2. The van der Waals surface area contributed by atoms with E-state index in [1.807, 2.05) is 62.4 Å². The summed E-state index contributed by atoms with van der Waals surface area (Å²) in [5.74, 6) is 0.949. The molecule has 0 fully saturated rings. The number of halogens is 1. The molecule has 3 rings (SSSR count). The Morgan fingerprint density at radius 2 is 1.67 bits per heavy atom. The SMILES string of the molecule is Cc1cc(Oc2ccc(/C=C(\C#N)C(=O)NCc3ccccc3)cc2)cc(C)c1Cl. The summed E-state index contributed by atoms with van der Waals surface area (Å²) in [4.78, 5) is 12.3. The number of hydrogen-bond acceptors (Lipinski definition) is 3. The van der Waals surface area contributed by atoms with Crippen LogP contribution in [0, 0.1) is 25.2 Å². The third-order valence-electron chi connectivity index (χ3n) is 4.50. The summed E-state index contributed by atoms with van der Waals surface area (Å²) in [6, 6.07) is 22.5. The predicted molar refractivity (Wildman–Crippen MR) is 119 cm³/mol. The van der Waals surface area contributed by atoms with Gasteiger partial charge in [0.2, 0.25) is 0 Å². The lowest BCUT2D eigenvalue weighted by atomic mass is 10.1. The number of carbonyl (C=O) groups is 1. The quantitative estimate of drug-likeness (QED) is 0.397. The molecule has 0 bridgehead atoms. The Bertz CT molecular complexity index is 1090. The van der Waals surface area contributed by atoms with Crippen molar-refractivity contribution >= 4 is 23.6 Å². The van der Waals surface area contributed by atoms with Crippen LogP contribution >= 0.6 is 11.6 Å². The van der Waals surface area contributed by atoms with E-state index in [-0.39, 0.29) is 5.57 Å². The fourth-order valence-corrected chi connectivity index (χ4v) is 3.03. The van der Waals surface area contributed by atoms with Crippen molar-refractivity contribution in [1.29, 1.82) is 5.26 Å². The summed E-state index contributed by atoms with van der Waals surface area (Å²) >= 11 is 6.20. The maximum atomic E-state index is 12.3. The summed E-state index contributed by atoms with van der Waals surface area (Å²) in [5.41, 5.74) is 3.65. The highest BCUT2D eigenvalue weighted by molar-refractivity contribution is 6.32. The third kappa shape index (κ3) is 5.50. The summed E-state index contributed by atoms with van der Waals surface area (Å²) in [7, 11) is 0. The molecule has 30 heavy (non-hydrogen) atoms. The zero-order chi connectivity index (χ0) is 21.5. The van der Waals surface area contributed by atoms with Crippen molar-refractivity contribution in [3.05, 3.63) is 99.6 Å². The molecular weight excluding hydrogens is 396 g/mol. The highest BCUT2D eigenvalue weighted by Gasteiger charge is 2.09. The van der Waals surface area contributed by atoms with Crippen molar-refractivity contribution in [2.45, 2.75) is 20.4 Å². The van der Waals surface area contributed by atoms with Crippen LogP contribution in [0.3, 0.4) is 0 Å². The number of aryl methyl sites for hydroxylation is 2. The highest BCUT2D eigenvalue weighted by atomic mass is 35.5. The van der Waals surface area contributed by atoms with Gasteiger partial charge in [-0.25, -0.2) is 0 Å². The summed E-state index contributed by atoms with van der Waals surface area (Å²) in [6.45, 7) is 4.23. The molecule has 1 N–H and O–H groups in total. The van der Waals surface area contributed by atoms with Gasteiger partial charge in [-0.05, 0) is 66.4 Å². The van der Waals surface area contributed by atoms with Crippen LogP contribution in [0.15, 0.2) is 72.3 Å². The first-order chi connectivity index (χ1) is 14.5. The minimum Gasteiger partial charge on any atom is -0.457 e. The Morgan fingerprint density at radius 3 is 2.27 bits per heavy atom. The van der Waals surface area contributed by atoms with Crippen LogP contribution in [-0.2, 0) is 11.3 Å². The first-order valence-electron chi connectivity index (χ1n) is 9.45. The molecule has 0 aliphatic heterocycles. The molecule has 0 radical (unpaired) electrons. The van der Waals surface area contributed by atoms with E-state index in [4.69, 9.17) is 16.3 Å². The molecule has 5 heteroatoms. The highest BCUT2D eigenvalue weighted by Crippen LogP contribution is 2.29. The van der Waals surface area contributed by atoms with E-state index < -0.39 is 5.91 Å². The van der Waals surface area contributed by atoms with E-state index >= 15 is 0 Å². The average Bonchev–Trinajstić information content (AvgIpc) is 2.76. The van der Waals surface area contributed by atoms with Gasteiger partial charge in [-0.3, -0.25) is 4.79 Å². The second-order valence-electron chi connectivity index (χ2n) is 6.88. The lowest BCUT2D eigenvalue weighted by molar-refractivity contribution is -0.117. The minimum atomic E-state index is -0.409. The monoisotopic (exact) mass is 416 g/mol. The van der Waals surface area contributed by atoms with Crippen molar-refractivity contribution in [3.63, 3.8) is 0 Å². The second-order valence-corrected chi connectivity index (χ2v) is 7.26. The molecule has 0 unspecified atom stereocenters. The second kappa shape index (κ2) is 9.78. The summed E-state index contributed by atoms with van der Waals surface area (Å²) in [6.07, 6.45) is 1.56. The van der Waals surface area contributed by atoms with Gasteiger partial charge in [0, 0.05) is 11.6 Å². The van der Waals surface area contributed by atoms with Crippen LogP contribution < -0.4 is 10.1 Å². The smallest absolute Gasteiger partial charge is 0.262 e. The van der Waals surface area contributed by atoms with Gasteiger partial charge in [0.15, 0.2) is 0 Å². The van der Waals surface area contributed by atoms with Crippen molar-refractivity contribution in [2.75, 3.05) is 0 Å². The minimum absolute atomic E-state index is 0.0450. The molecule has 4 nitrogen and oxygen atoms in total. The van der Waals surface area contributed by atoms with Crippen molar-refractivity contribution in [1.82, 2.24) is 5.32 Å². The van der Waals surface area contributed by atoms with Crippen molar-refractivity contribution in [3.8, 4) is 17.6 Å². The van der Waals surface area contributed by atoms with Gasteiger partial charge in [0.1, 0.15) is 23.1 Å². The number of amides is 1. The van der Waals surface area contributed by atoms with Crippen molar-refractivity contribution < 1.29 is 9.53 Å². The normalized spacial score (nSPS) is 10.9. The fourth-order valence-electron chi connectivity index (χ4n) is 2.92. The van der Waals surface area contributed by atoms with Crippen LogP contribution in [0.5, 0.6) is 11.5 Å². The molecule has 0 aliphatic carbocycles. The van der Waals surface area contributed by atoms with Gasteiger partial charge >= 0.3 is 0 Å². The van der Waals surface area contributed by atoms with E-state index in [2.05, 4.69) is 5.32 Å². The molecule has 0 spiro atoms. The zero-order valence-corrected chi connectivity index (χ0v) is 17.5. The van der Waals surface area contributed by atoms with Gasteiger partial charge in [0.05, 0.1) is 0 Å². The van der Waals surface area contributed by atoms with Crippen LogP contribution in [0.25, 0.3) is 6.08 Å². The number of nitriles is 1. The standard InChI is InChI=1S/C25H21ClN2O2/c1-17-12-23(13-18(2)24(17)26)30-22-10-8-19(9-11-22)14-21(15-27)25(29)28-16-20-6-4-3-5-7-20/h3-14H,16H2,1-2H3,(H,28,29)/b21-14+. The maximum absolute atomic E-state index is 12.3. The number of benzene rings is 3. The maximum Gasteiger partial charge on any atom is 0.262 e. The van der Waals surface area contributed by atoms with E-state index in [0.29, 0.717) is 18.0 Å². The van der Waals surface area contributed by atoms with Crippen LogP contribution in [-0.4, -0.2) is 5.91 Å². The van der Waals surface area contributed by atoms with Crippen LogP contribution in [0.4, 0.5) is 0 Å². The molecule has 3 aromatic rings. The summed E-state index contributed by atoms with van der Waals surface area (Å²) in [5, 5.41) is 12.9. The molecule has 0 saturated heterocycles. The van der Waals surface area contributed by atoms with Gasteiger partial charge in [-0.2, -0.15) is 5.26 Å². The average molecular weight is 417 g/mol. The Labute approximate surface area is 181 Å². The first kappa shape index (κ1) is 21.2. The lowest BCUT2D eigenvalue weighted by Gasteiger charge is -2.10. The van der Waals surface area contributed by atoms with Gasteiger partial charge in [-0.1, -0.05) is 54.1 Å². The third-order valence-corrected chi connectivity index (χ3v) is 5.09.